The zero-order chi connectivity index (χ0) is 18.7. The molecule has 7 heteroatoms. The lowest BCUT2D eigenvalue weighted by molar-refractivity contribution is -0.119. The Morgan fingerprint density at radius 3 is 2.69 bits per heavy atom. The van der Waals surface area contributed by atoms with Crippen LogP contribution in [0.25, 0.3) is 0 Å². The first kappa shape index (κ1) is 18.5. The van der Waals surface area contributed by atoms with Gasteiger partial charge in [-0.3, -0.25) is 9.59 Å². The summed E-state index contributed by atoms with van der Waals surface area (Å²) in [6.45, 7) is 0.523. The first-order valence-electron chi connectivity index (χ1n) is 8.20. The lowest BCUT2D eigenvalue weighted by atomic mass is 10.1. The maximum absolute atomic E-state index is 12.8. The number of nitrogens with zero attached hydrogens (tertiary/aromatic N) is 1. The number of anilines is 1. The minimum atomic E-state index is -0.525. The second-order valence-electron chi connectivity index (χ2n) is 6.01. The van der Waals surface area contributed by atoms with Crippen molar-refractivity contribution < 1.29 is 14.3 Å². The molecule has 2 aromatic rings. The smallest absolute Gasteiger partial charge is 0.254 e. The highest BCUT2D eigenvalue weighted by Crippen LogP contribution is 2.26. The van der Waals surface area contributed by atoms with Crippen LogP contribution in [0.3, 0.4) is 0 Å². The molecule has 2 amide bonds. The molecule has 136 valence electrons. The average molecular weight is 393 g/mol. The molecule has 0 aromatic heterocycles. The van der Waals surface area contributed by atoms with Gasteiger partial charge in [0, 0.05) is 23.9 Å². The van der Waals surface area contributed by atoms with Gasteiger partial charge in [-0.2, -0.15) is 0 Å². The molecule has 1 atom stereocenters. The number of nitrogens with one attached hydrogen (secondary N) is 1. The average Bonchev–Trinajstić information content (AvgIpc) is 3.13. The van der Waals surface area contributed by atoms with Crippen LogP contribution in [0.2, 0.25) is 10.0 Å². The van der Waals surface area contributed by atoms with E-state index in [0.717, 1.165) is 6.42 Å². The summed E-state index contributed by atoms with van der Waals surface area (Å²) in [7, 11) is 1.57. The van der Waals surface area contributed by atoms with E-state index in [-0.39, 0.29) is 11.8 Å². The normalized spacial score (nSPS) is 16.4. The first-order chi connectivity index (χ1) is 12.5. The Balaban J connectivity index is 1.75. The number of carbonyl (C=O) groups is 2. The second-order valence-corrected chi connectivity index (χ2v) is 6.82. The molecule has 5 nitrogen and oxygen atoms in total. The summed E-state index contributed by atoms with van der Waals surface area (Å²) in [4.78, 5) is 27.1. The summed E-state index contributed by atoms with van der Waals surface area (Å²) in [5.41, 5.74) is 1.05. The van der Waals surface area contributed by atoms with Crippen LogP contribution in [0.1, 0.15) is 23.2 Å². The standard InChI is InChI=1S/C19H18Cl2N2O3/c1-26-14-5-2-4-13(11-14)22-18(24)17-6-3-9-23(17)19(25)12-7-8-15(20)16(21)10-12/h2,4-5,7-8,10-11,17H,3,6,9H2,1H3,(H,22,24)/t17-/m1/s1. The summed E-state index contributed by atoms with van der Waals surface area (Å²) in [5, 5.41) is 3.56. The van der Waals surface area contributed by atoms with E-state index >= 15 is 0 Å². The molecular weight excluding hydrogens is 375 g/mol. The lowest BCUT2D eigenvalue weighted by Gasteiger charge is -2.24. The van der Waals surface area contributed by atoms with Crippen LogP contribution in [0.15, 0.2) is 42.5 Å². The Hall–Kier alpha value is -2.24. The predicted octanol–water partition coefficient (Wildman–Crippen LogP) is 4.25. The fraction of sp³-hybridized carbons (Fsp3) is 0.263. The number of benzene rings is 2. The van der Waals surface area contributed by atoms with Gasteiger partial charge in [0.1, 0.15) is 11.8 Å². The highest BCUT2D eigenvalue weighted by Gasteiger charge is 2.34. The topological polar surface area (TPSA) is 58.6 Å². The van der Waals surface area contributed by atoms with Crippen molar-refractivity contribution in [3.8, 4) is 5.75 Å². The molecule has 0 bridgehead atoms. The van der Waals surface area contributed by atoms with Gasteiger partial charge in [-0.05, 0) is 43.2 Å². The predicted molar refractivity (Wildman–Crippen MR) is 102 cm³/mol. The number of hydrogen-bond acceptors (Lipinski definition) is 3. The van der Waals surface area contributed by atoms with E-state index in [2.05, 4.69) is 5.32 Å². The third kappa shape index (κ3) is 3.94. The minimum Gasteiger partial charge on any atom is -0.497 e. The van der Waals surface area contributed by atoms with Gasteiger partial charge in [-0.1, -0.05) is 29.3 Å². The number of hydrogen-bond donors (Lipinski definition) is 1. The molecule has 1 saturated heterocycles. The number of halogens is 2. The monoisotopic (exact) mass is 392 g/mol. The van der Waals surface area contributed by atoms with Crippen molar-refractivity contribution in [3.05, 3.63) is 58.1 Å². The molecule has 0 unspecified atom stereocenters. The molecule has 1 fully saturated rings. The highest BCUT2D eigenvalue weighted by molar-refractivity contribution is 6.42. The molecule has 0 spiro atoms. The SMILES string of the molecule is COc1cccc(NC(=O)[C@H]2CCCN2C(=O)c2ccc(Cl)c(Cl)c2)c1. The molecule has 1 aliphatic heterocycles. The molecule has 0 radical (unpaired) electrons. The lowest BCUT2D eigenvalue weighted by Crippen LogP contribution is -2.43. The zero-order valence-corrected chi connectivity index (χ0v) is 15.7. The van der Waals surface area contributed by atoms with Crippen LogP contribution in [0, 0.1) is 0 Å². The van der Waals surface area contributed by atoms with Crippen LogP contribution in [0.5, 0.6) is 5.75 Å². The number of rotatable bonds is 4. The van der Waals surface area contributed by atoms with E-state index in [0.29, 0.717) is 40.0 Å². The highest BCUT2D eigenvalue weighted by atomic mass is 35.5. The van der Waals surface area contributed by atoms with E-state index in [4.69, 9.17) is 27.9 Å². The van der Waals surface area contributed by atoms with Crippen LogP contribution in [-0.2, 0) is 4.79 Å². The van der Waals surface area contributed by atoms with Crippen molar-refractivity contribution in [3.63, 3.8) is 0 Å². The molecule has 3 rings (SSSR count). The van der Waals surface area contributed by atoms with Crippen LogP contribution in [0.4, 0.5) is 5.69 Å². The summed E-state index contributed by atoms with van der Waals surface area (Å²) >= 11 is 11.9. The summed E-state index contributed by atoms with van der Waals surface area (Å²) < 4.78 is 5.16. The molecule has 1 heterocycles. The molecule has 2 aromatic carbocycles. The van der Waals surface area contributed by atoms with E-state index in [1.54, 1.807) is 48.4 Å². The third-order valence-corrected chi connectivity index (χ3v) is 5.06. The fourth-order valence-corrected chi connectivity index (χ4v) is 3.30. The number of amides is 2. The maximum atomic E-state index is 12.8. The van der Waals surface area contributed by atoms with Crippen molar-refractivity contribution in [1.29, 1.82) is 0 Å². The van der Waals surface area contributed by atoms with Gasteiger partial charge in [0.15, 0.2) is 0 Å². The van der Waals surface area contributed by atoms with Crippen molar-refractivity contribution in [2.45, 2.75) is 18.9 Å². The van der Waals surface area contributed by atoms with Crippen molar-refractivity contribution in [2.24, 2.45) is 0 Å². The fourth-order valence-electron chi connectivity index (χ4n) is 3.00. The first-order valence-corrected chi connectivity index (χ1v) is 8.96. The van der Waals surface area contributed by atoms with E-state index < -0.39 is 6.04 Å². The molecule has 0 aliphatic carbocycles. The number of methoxy groups -OCH3 is 1. The zero-order valence-electron chi connectivity index (χ0n) is 14.2. The Morgan fingerprint density at radius 1 is 1.15 bits per heavy atom. The molecule has 1 aliphatic rings. The molecule has 0 saturated carbocycles. The quantitative estimate of drug-likeness (QED) is 0.845. The Bertz CT molecular complexity index is 841. The van der Waals surface area contributed by atoms with Gasteiger partial charge in [0.2, 0.25) is 5.91 Å². The summed E-state index contributed by atoms with van der Waals surface area (Å²) in [6.07, 6.45) is 1.38. The van der Waals surface area contributed by atoms with Crippen LogP contribution in [-0.4, -0.2) is 36.4 Å². The Kier molecular flexibility index (Phi) is 5.69. The Morgan fingerprint density at radius 2 is 1.96 bits per heavy atom. The van der Waals surface area contributed by atoms with Crippen LogP contribution < -0.4 is 10.1 Å². The van der Waals surface area contributed by atoms with E-state index in [1.807, 2.05) is 0 Å². The summed E-state index contributed by atoms with van der Waals surface area (Å²) in [6, 6.07) is 11.3. The van der Waals surface area contributed by atoms with Gasteiger partial charge in [-0.15, -0.1) is 0 Å². The van der Waals surface area contributed by atoms with Crippen molar-refractivity contribution >= 4 is 40.7 Å². The maximum Gasteiger partial charge on any atom is 0.254 e. The van der Waals surface area contributed by atoms with Crippen molar-refractivity contribution in [2.75, 3.05) is 19.0 Å². The third-order valence-electron chi connectivity index (χ3n) is 4.32. The van der Waals surface area contributed by atoms with Gasteiger partial charge in [-0.25, -0.2) is 0 Å². The number of ether oxygens (including phenoxy) is 1. The Labute approximate surface area is 161 Å². The van der Waals surface area contributed by atoms with Crippen molar-refractivity contribution in [1.82, 2.24) is 4.90 Å². The van der Waals surface area contributed by atoms with Gasteiger partial charge >= 0.3 is 0 Å². The number of carbonyl (C=O) groups excluding carboxylic acids is 2. The van der Waals surface area contributed by atoms with E-state index in [1.165, 1.54) is 6.07 Å². The number of likely N-dealkylation sites (tertiary alicyclic amines) is 1. The van der Waals surface area contributed by atoms with Gasteiger partial charge in [0.05, 0.1) is 17.2 Å². The minimum absolute atomic E-state index is 0.218. The molecule has 26 heavy (non-hydrogen) atoms. The molecule has 1 N–H and O–H groups in total. The largest absolute Gasteiger partial charge is 0.497 e. The van der Waals surface area contributed by atoms with Gasteiger partial charge < -0.3 is 15.0 Å². The molecular formula is C19H18Cl2N2O3. The summed E-state index contributed by atoms with van der Waals surface area (Å²) in [5.74, 6) is 0.203. The van der Waals surface area contributed by atoms with Gasteiger partial charge in [0.25, 0.3) is 5.91 Å². The second kappa shape index (κ2) is 7.98. The van der Waals surface area contributed by atoms with Crippen LogP contribution >= 0.6 is 23.2 Å². The van der Waals surface area contributed by atoms with E-state index in [9.17, 15) is 9.59 Å².